The monoisotopic (exact) mass is 451 g/mol. The van der Waals surface area contributed by atoms with Crippen LogP contribution in [0.25, 0.3) is 0 Å². The van der Waals surface area contributed by atoms with E-state index in [0.29, 0.717) is 34.8 Å². The summed E-state index contributed by atoms with van der Waals surface area (Å²) in [6, 6.07) is 20.0. The molecule has 0 heterocycles. The van der Waals surface area contributed by atoms with Crippen LogP contribution in [0.1, 0.15) is 31.8 Å². The van der Waals surface area contributed by atoms with E-state index in [1.165, 1.54) is 0 Å². The van der Waals surface area contributed by atoms with E-state index in [1.54, 1.807) is 31.4 Å². The van der Waals surface area contributed by atoms with Gasteiger partial charge in [-0.15, -0.1) is 0 Å². The van der Waals surface area contributed by atoms with Crippen LogP contribution in [0.15, 0.2) is 66.7 Å². The van der Waals surface area contributed by atoms with Gasteiger partial charge in [0, 0.05) is 41.5 Å². The highest BCUT2D eigenvalue weighted by Crippen LogP contribution is 2.17. The fraction of sp³-hybridized carbons (Fsp3) is 0.200. The third-order valence-corrected chi connectivity index (χ3v) is 5.10. The van der Waals surface area contributed by atoms with Gasteiger partial charge in [0.1, 0.15) is 5.75 Å². The van der Waals surface area contributed by atoms with Gasteiger partial charge >= 0.3 is 0 Å². The second kappa shape index (κ2) is 11.2. The predicted molar refractivity (Wildman–Crippen MR) is 128 cm³/mol. The van der Waals surface area contributed by atoms with Crippen molar-refractivity contribution in [2.24, 2.45) is 0 Å². The maximum Gasteiger partial charge on any atom is 0.251 e. The van der Waals surface area contributed by atoms with E-state index in [-0.39, 0.29) is 18.4 Å². The molecule has 0 radical (unpaired) electrons. The first-order chi connectivity index (χ1) is 15.5. The highest BCUT2D eigenvalue weighted by Gasteiger charge is 2.13. The number of amides is 2. The van der Waals surface area contributed by atoms with Gasteiger partial charge in [-0.05, 0) is 61.0 Å². The van der Waals surface area contributed by atoms with Crippen LogP contribution in [-0.4, -0.2) is 32.0 Å². The molecule has 2 amide bonds. The molecule has 6 nitrogen and oxygen atoms in total. The van der Waals surface area contributed by atoms with Crippen molar-refractivity contribution < 1.29 is 14.3 Å². The summed E-state index contributed by atoms with van der Waals surface area (Å²) in [4.78, 5) is 25.2. The molecule has 3 aromatic rings. The molecule has 0 saturated heterocycles. The lowest BCUT2D eigenvalue weighted by atomic mass is 10.1. The van der Waals surface area contributed by atoms with Gasteiger partial charge in [0.15, 0.2) is 0 Å². The van der Waals surface area contributed by atoms with Crippen molar-refractivity contribution in [1.82, 2.24) is 10.6 Å². The number of halogens is 1. The molecule has 166 valence electrons. The van der Waals surface area contributed by atoms with Crippen LogP contribution in [0.2, 0.25) is 5.02 Å². The van der Waals surface area contributed by atoms with Crippen LogP contribution in [0.3, 0.4) is 0 Å². The molecule has 0 spiro atoms. The van der Waals surface area contributed by atoms with E-state index >= 15 is 0 Å². The maximum atomic E-state index is 12.7. The van der Waals surface area contributed by atoms with E-state index in [0.717, 1.165) is 17.0 Å². The van der Waals surface area contributed by atoms with E-state index in [2.05, 4.69) is 16.0 Å². The summed E-state index contributed by atoms with van der Waals surface area (Å²) in [5.41, 5.74) is 3.65. The second-order valence-corrected chi connectivity index (χ2v) is 7.70. The van der Waals surface area contributed by atoms with Gasteiger partial charge < -0.3 is 20.7 Å². The molecule has 0 saturated carbocycles. The lowest BCUT2D eigenvalue weighted by molar-refractivity contribution is 0.0936. The van der Waals surface area contributed by atoms with Crippen molar-refractivity contribution in [1.29, 1.82) is 0 Å². The fourth-order valence-electron chi connectivity index (χ4n) is 3.17. The Morgan fingerprint density at radius 2 is 1.69 bits per heavy atom. The van der Waals surface area contributed by atoms with E-state index in [1.807, 2.05) is 49.4 Å². The molecule has 32 heavy (non-hydrogen) atoms. The average Bonchev–Trinajstić information content (AvgIpc) is 2.81. The van der Waals surface area contributed by atoms with Gasteiger partial charge in [-0.25, -0.2) is 0 Å². The Morgan fingerprint density at radius 1 is 0.906 bits per heavy atom. The summed E-state index contributed by atoms with van der Waals surface area (Å²) in [6.07, 6.45) is 0. The lowest BCUT2D eigenvalue weighted by Crippen LogP contribution is -2.30. The number of nitrogens with one attached hydrogen (secondary N) is 3. The zero-order valence-electron chi connectivity index (χ0n) is 18.1. The number of carbonyl (C=O) groups is 2. The summed E-state index contributed by atoms with van der Waals surface area (Å²) in [5.74, 6) is 0.342. The standard InChI is InChI=1S/C25H26ClN3O3/c1-17-4-3-5-18(14-17)24(30)29-16-19-6-7-20(26)15-23(19)25(31)28-13-12-27-21-8-10-22(32-2)11-9-21/h3-11,14-15,27H,12-13,16H2,1-2H3,(H,28,31)(H,29,30). The number of carbonyl (C=O) groups excluding carboxylic acids is 2. The number of hydrogen-bond donors (Lipinski definition) is 3. The molecule has 0 aliphatic carbocycles. The lowest BCUT2D eigenvalue weighted by Gasteiger charge is -2.13. The van der Waals surface area contributed by atoms with Crippen molar-refractivity contribution in [2.75, 3.05) is 25.5 Å². The predicted octanol–water partition coefficient (Wildman–Crippen LogP) is 4.43. The SMILES string of the molecule is COc1ccc(NCCNC(=O)c2cc(Cl)ccc2CNC(=O)c2cccc(C)c2)cc1. The van der Waals surface area contributed by atoms with E-state index in [4.69, 9.17) is 16.3 Å². The number of anilines is 1. The molecular formula is C25H26ClN3O3. The molecular weight excluding hydrogens is 426 g/mol. The van der Waals surface area contributed by atoms with Crippen LogP contribution in [0.4, 0.5) is 5.69 Å². The van der Waals surface area contributed by atoms with E-state index < -0.39 is 0 Å². The zero-order chi connectivity index (χ0) is 22.9. The van der Waals surface area contributed by atoms with Crippen molar-refractivity contribution in [3.8, 4) is 5.75 Å². The summed E-state index contributed by atoms with van der Waals surface area (Å²) in [5, 5.41) is 9.46. The Morgan fingerprint density at radius 3 is 2.41 bits per heavy atom. The molecule has 3 N–H and O–H groups in total. The molecule has 3 rings (SSSR count). The molecule has 0 aliphatic rings. The van der Waals surface area contributed by atoms with Crippen molar-refractivity contribution in [2.45, 2.75) is 13.5 Å². The first-order valence-electron chi connectivity index (χ1n) is 10.3. The number of aryl methyl sites for hydroxylation is 1. The zero-order valence-corrected chi connectivity index (χ0v) is 18.8. The Hall–Kier alpha value is -3.51. The topological polar surface area (TPSA) is 79.5 Å². The molecule has 0 atom stereocenters. The Balaban J connectivity index is 1.56. The molecule has 0 aromatic heterocycles. The van der Waals surface area contributed by atoms with Crippen molar-refractivity contribution in [3.05, 3.63) is 94.0 Å². The molecule has 0 fully saturated rings. The summed E-state index contributed by atoms with van der Waals surface area (Å²) in [7, 11) is 1.62. The van der Waals surface area contributed by atoms with Gasteiger partial charge in [-0.2, -0.15) is 0 Å². The van der Waals surface area contributed by atoms with Crippen molar-refractivity contribution in [3.63, 3.8) is 0 Å². The Labute approximate surface area is 192 Å². The minimum absolute atomic E-state index is 0.196. The number of hydrogen-bond acceptors (Lipinski definition) is 4. The van der Waals surface area contributed by atoms with Crippen molar-refractivity contribution >= 4 is 29.1 Å². The van der Waals surface area contributed by atoms with Crippen LogP contribution in [-0.2, 0) is 6.54 Å². The molecule has 3 aromatic carbocycles. The quantitative estimate of drug-likeness (QED) is 0.420. The molecule has 7 heteroatoms. The van der Waals surface area contributed by atoms with Crippen LogP contribution in [0, 0.1) is 6.92 Å². The van der Waals surface area contributed by atoms with Gasteiger partial charge in [-0.1, -0.05) is 35.4 Å². The fourth-order valence-corrected chi connectivity index (χ4v) is 3.34. The minimum Gasteiger partial charge on any atom is -0.497 e. The van der Waals surface area contributed by atoms with E-state index in [9.17, 15) is 9.59 Å². The molecule has 0 unspecified atom stereocenters. The van der Waals surface area contributed by atoms with Crippen LogP contribution < -0.4 is 20.7 Å². The Kier molecular flexibility index (Phi) is 8.11. The highest BCUT2D eigenvalue weighted by atomic mass is 35.5. The minimum atomic E-state index is -0.246. The molecule has 0 bridgehead atoms. The Bertz CT molecular complexity index is 1080. The van der Waals surface area contributed by atoms with Gasteiger partial charge in [0.05, 0.1) is 7.11 Å². The smallest absolute Gasteiger partial charge is 0.251 e. The van der Waals surface area contributed by atoms with Crippen LogP contribution in [0.5, 0.6) is 5.75 Å². The summed E-state index contributed by atoms with van der Waals surface area (Å²) >= 11 is 6.11. The third-order valence-electron chi connectivity index (χ3n) is 4.87. The normalized spacial score (nSPS) is 10.3. The maximum absolute atomic E-state index is 12.7. The van der Waals surface area contributed by atoms with Gasteiger partial charge in [0.2, 0.25) is 0 Å². The number of benzene rings is 3. The van der Waals surface area contributed by atoms with Gasteiger partial charge in [0.25, 0.3) is 11.8 Å². The number of methoxy groups -OCH3 is 1. The first kappa shape index (κ1) is 23.2. The highest BCUT2D eigenvalue weighted by molar-refractivity contribution is 6.31. The first-order valence-corrected chi connectivity index (χ1v) is 10.6. The second-order valence-electron chi connectivity index (χ2n) is 7.26. The summed E-state index contributed by atoms with van der Waals surface area (Å²) < 4.78 is 5.14. The van der Waals surface area contributed by atoms with Crippen LogP contribution >= 0.6 is 11.6 Å². The number of ether oxygens (including phenoxy) is 1. The largest absolute Gasteiger partial charge is 0.497 e. The third kappa shape index (κ3) is 6.49. The van der Waals surface area contributed by atoms with Gasteiger partial charge in [-0.3, -0.25) is 9.59 Å². The average molecular weight is 452 g/mol. The molecule has 0 aliphatic heterocycles. The number of rotatable bonds is 9. The summed E-state index contributed by atoms with van der Waals surface area (Å²) in [6.45, 7) is 3.13.